The molecule has 0 unspecified atom stereocenters. The van der Waals surface area contributed by atoms with Crippen molar-refractivity contribution in [2.24, 2.45) is 0 Å². The summed E-state index contributed by atoms with van der Waals surface area (Å²) in [6, 6.07) is 8.31. The van der Waals surface area contributed by atoms with Crippen molar-refractivity contribution in [2.75, 3.05) is 18.6 Å². The van der Waals surface area contributed by atoms with Gasteiger partial charge in [-0.25, -0.2) is 8.42 Å². The van der Waals surface area contributed by atoms with Crippen molar-refractivity contribution in [1.29, 1.82) is 0 Å². The van der Waals surface area contributed by atoms with Crippen molar-refractivity contribution >= 4 is 15.8 Å². The fourth-order valence-corrected chi connectivity index (χ4v) is 0.720. The first-order chi connectivity index (χ1) is 6.33. The number of hydrogen-bond donors (Lipinski definition) is 1. The van der Waals surface area contributed by atoms with Gasteiger partial charge in [0, 0.05) is 19.0 Å². The summed E-state index contributed by atoms with van der Waals surface area (Å²) >= 11 is 0. The summed E-state index contributed by atoms with van der Waals surface area (Å²) in [6.45, 7) is 2.08. The molecule has 1 aromatic carbocycles. The maximum absolute atomic E-state index is 9.08. The Balaban J connectivity index is 0. The van der Waals surface area contributed by atoms with Gasteiger partial charge in [0.05, 0.1) is 10.1 Å². The minimum absolute atomic E-state index is 0. The Bertz CT molecular complexity index is 353. The molecule has 0 aliphatic heterocycles. The summed E-state index contributed by atoms with van der Waals surface area (Å²) in [5.41, 5.74) is 2.47. The zero-order chi connectivity index (χ0) is 11.2. The quantitative estimate of drug-likeness (QED) is 0.464. The number of anilines is 1. The van der Waals surface area contributed by atoms with Crippen LogP contribution >= 0.6 is 0 Å². The Morgan fingerprint density at radius 3 is 1.80 bits per heavy atom. The van der Waals surface area contributed by atoms with Crippen molar-refractivity contribution in [2.45, 2.75) is 6.92 Å². The molecular weight excluding hydrogens is 225 g/mol. The SMILES string of the molecule is CNc1ccc(C)cc1.CS(=O)(=O)[O-].[Na+]. The van der Waals surface area contributed by atoms with Crippen LogP contribution in [0.5, 0.6) is 0 Å². The molecule has 0 spiro atoms. The van der Waals surface area contributed by atoms with E-state index in [0.717, 1.165) is 0 Å². The van der Waals surface area contributed by atoms with E-state index in [1.54, 1.807) is 0 Å². The third kappa shape index (κ3) is 13.9. The second kappa shape index (κ2) is 8.13. The molecule has 0 amide bonds. The molecule has 1 aromatic rings. The smallest absolute Gasteiger partial charge is 0.748 e. The van der Waals surface area contributed by atoms with E-state index in [1.807, 2.05) is 7.05 Å². The standard InChI is InChI=1S/C8H11N.CH4O3S.Na/c1-7-3-5-8(9-2)6-4-7;1-5(2,3)4;/h3-6,9H,1-2H3;1H3,(H,2,3,4);/q;;+1/p-1. The molecule has 0 saturated heterocycles. The Labute approximate surface area is 113 Å². The molecule has 1 N–H and O–H groups in total. The number of nitrogens with one attached hydrogen (secondary N) is 1. The van der Waals surface area contributed by atoms with Crippen molar-refractivity contribution in [3.05, 3.63) is 29.8 Å². The molecule has 0 radical (unpaired) electrons. The van der Waals surface area contributed by atoms with E-state index in [0.29, 0.717) is 6.26 Å². The maximum Gasteiger partial charge on any atom is 1.00 e. The second-order valence-electron chi connectivity index (χ2n) is 2.82. The molecule has 0 aliphatic carbocycles. The van der Waals surface area contributed by atoms with Crippen LogP contribution in [-0.4, -0.2) is 26.3 Å². The first-order valence-corrected chi connectivity index (χ1v) is 5.80. The monoisotopic (exact) mass is 239 g/mol. The van der Waals surface area contributed by atoms with Gasteiger partial charge in [-0.1, -0.05) is 17.7 Å². The normalized spacial score (nSPS) is 9.33. The van der Waals surface area contributed by atoms with Gasteiger partial charge < -0.3 is 9.87 Å². The molecular formula is C9H14NNaO3S. The fourth-order valence-electron chi connectivity index (χ4n) is 0.720. The third-order valence-corrected chi connectivity index (χ3v) is 1.34. The van der Waals surface area contributed by atoms with Crippen LogP contribution in [0.15, 0.2) is 24.3 Å². The Morgan fingerprint density at radius 2 is 1.53 bits per heavy atom. The molecule has 15 heavy (non-hydrogen) atoms. The van der Waals surface area contributed by atoms with Crippen LogP contribution in [0.25, 0.3) is 0 Å². The summed E-state index contributed by atoms with van der Waals surface area (Å²) in [7, 11) is -2.00. The molecule has 0 aliphatic rings. The Morgan fingerprint density at radius 1 is 1.20 bits per heavy atom. The zero-order valence-corrected chi connectivity index (χ0v) is 12.3. The van der Waals surface area contributed by atoms with Crippen LogP contribution in [0, 0.1) is 6.92 Å². The summed E-state index contributed by atoms with van der Waals surface area (Å²) in [4.78, 5) is 0. The number of aryl methyl sites for hydroxylation is 1. The van der Waals surface area contributed by atoms with Crippen molar-refractivity contribution in [1.82, 2.24) is 0 Å². The number of hydrogen-bond acceptors (Lipinski definition) is 4. The summed E-state index contributed by atoms with van der Waals surface area (Å²) in [5.74, 6) is 0. The van der Waals surface area contributed by atoms with Gasteiger partial charge in [0.15, 0.2) is 0 Å². The topological polar surface area (TPSA) is 69.2 Å². The zero-order valence-electron chi connectivity index (χ0n) is 9.44. The van der Waals surface area contributed by atoms with Crippen LogP contribution < -0.4 is 34.9 Å². The number of benzene rings is 1. The van der Waals surface area contributed by atoms with Gasteiger partial charge in [0.1, 0.15) is 0 Å². The molecule has 0 atom stereocenters. The van der Waals surface area contributed by atoms with E-state index in [4.69, 9.17) is 13.0 Å². The fraction of sp³-hybridized carbons (Fsp3) is 0.333. The third-order valence-electron chi connectivity index (χ3n) is 1.34. The van der Waals surface area contributed by atoms with Crippen molar-refractivity contribution in [3.63, 3.8) is 0 Å². The van der Waals surface area contributed by atoms with Crippen LogP contribution in [0.3, 0.4) is 0 Å². The molecule has 0 saturated carbocycles. The minimum Gasteiger partial charge on any atom is -0.748 e. The predicted molar refractivity (Wildman–Crippen MR) is 56.3 cm³/mol. The van der Waals surface area contributed by atoms with E-state index in [1.165, 1.54) is 11.3 Å². The summed E-state index contributed by atoms with van der Waals surface area (Å²) in [6.07, 6.45) is 0.604. The van der Waals surface area contributed by atoms with Gasteiger partial charge in [0.2, 0.25) is 0 Å². The largest absolute Gasteiger partial charge is 1.00 e. The summed E-state index contributed by atoms with van der Waals surface area (Å²) in [5, 5.41) is 3.05. The van der Waals surface area contributed by atoms with E-state index in [9.17, 15) is 0 Å². The number of rotatable bonds is 1. The van der Waals surface area contributed by atoms with Gasteiger partial charge >= 0.3 is 29.6 Å². The summed E-state index contributed by atoms with van der Waals surface area (Å²) < 4.78 is 27.2. The predicted octanol–water partition coefficient (Wildman–Crippen LogP) is -1.80. The molecule has 0 bridgehead atoms. The van der Waals surface area contributed by atoms with E-state index in [2.05, 4.69) is 36.5 Å². The average Bonchev–Trinajstić information content (AvgIpc) is 2.03. The van der Waals surface area contributed by atoms with Crippen LogP contribution in [0.1, 0.15) is 5.56 Å². The molecule has 80 valence electrons. The first kappa shape index (κ1) is 17.3. The molecule has 6 heteroatoms. The first-order valence-electron chi connectivity index (χ1n) is 3.98. The van der Waals surface area contributed by atoms with Gasteiger partial charge in [-0.2, -0.15) is 0 Å². The molecule has 0 aromatic heterocycles. The van der Waals surface area contributed by atoms with Crippen molar-refractivity contribution < 1.29 is 42.5 Å². The van der Waals surface area contributed by atoms with E-state index in [-0.39, 0.29) is 29.6 Å². The van der Waals surface area contributed by atoms with E-state index >= 15 is 0 Å². The second-order valence-corrected chi connectivity index (χ2v) is 4.23. The average molecular weight is 239 g/mol. The molecule has 0 heterocycles. The van der Waals surface area contributed by atoms with Crippen molar-refractivity contribution in [3.8, 4) is 0 Å². The molecule has 4 nitrogen and oxygen atoms in total. The molecule has 1 rings (SSSR count). The Hall–Kier alpha value is -0.0700. The maximum atomic E-state index is 9.08. The van der Waals surface area contributed by atoms with Gasteiger partial charge in [-0.3, -0.25) is 0 Å². The van der Waals surface area contributed by atoms with Crippen LogP contribution in [0.4, 0.5) is 5.69 Å². The van der Waals surface area contributed by atoms with Gasteiger partial charge in [-0.05, 0) is 19.1 Å². The van der Waals surface area contributed by atoms with Crippen LogP contribution in [-0.2, 0) is 10.1 Å². The van der Waals surface area contributed by atoms with E-state index < -0.39 is 10.1 Å². The van der Waals surface area contributed by atoms with Crippen LogP contribution in [0.2, 0.25) is 0 Å². The molecule has 0 fully saturated rings. The van der Waals surface area contributed by atoms with Gasteiger partial charge in [-0.15, -0.1) is 0 Å². The van der Waals surface area contributed by atoms with Gasteiger partial charge in [0.25, 0.3) is 0 Å². The minimum atomic E-state index is -3.92. The Kier molecular flexibility index (Phi) is 9.39.